The number of hydrogen-bond donors (Lipinski definition) is 1. The minimum Gasteiger partial charge on any atom is -0.494 e. The lowest BCUT2D eigenvalue weighted by molar-refractivity contribution is -0.157. The predicted octanol–water partition coefficient (Wildman–Crippen LogP) is 7.68. The molecule has 1 saturated carbocycles. The number of alkyl halides is 1. The third kappa shape index (κ3) is 5.53. The number of benzene rings is 2. The van der Waals surface area contributed by atoms with Gasteiger partial charge in [0, 0.05) is 11.5 Å². The average molecular weight is 463 g/mol. The van der Waals surface area contributed by atoms with Gasteiger partial charge in [-0.15, -0.1) is 0 Å². The van der Waals surface area contributed by atoms with Crippen molar-refractivity contribution in [3.05, 3.63) is 53.6 Å². The molecule has 2 aromatic carbocycles. The summed E-state index contributed by atoms with van der Waals surface area (Å²) in [6.45, 7) is 4.31. The highest BCUT2D eigenvalue weighted by atomic mass is 19.2. The van der Waals surface area contributed by atoms with E-state index in [1.807, 2.05) is 6.92 Å². The number of halogens is 3. The van der Waals surface area contributed by atoms with E-state index in [1.165, 1.54) is 12.1 Å². The summed E-state index contributed by atoms with van der Waals surface area (Å²) >= 11 is 0. The van der Waals surface area contributed by atoms with Crippen molar-refractivity contribution in [1.82, 2.24) is 0 Å². The molecule has 0 spiro atoms. The second-order valence-electron chi connectivity index (χ2n) is 9.02. The zero-order valence-electron chi connectivity index (χ0n) is 19.4. The third-order valence-corrected chi connectivity index (χ3v) is 6.83. The molecule has 1 N–H and O–H groups in total. The van der Waals surface area contributed by atoms with Gasteiger partial charge in [-0.2, -0.15) is 0 Å². The molecular formula is C27H33F3O3. The van der Waals surface area contributed by atoms with E-state index in [2.05, 4.69) is 0 Å². The van der Waals surface area contributed by atoms with Crippen molar-refractivity contribution < 1.29 is 27.8 Å². The lowest BCUT2D eigenvalue weighted by Gasteiger charge is -2.35. The van der Waals surface area contributed by atoms with E-state index in [0.717, 1.165) is 25.7 Å². The molecule has 0 bridgehead atoms. The van der Waals surface area contributed by atoms with Gasteiger partial charge >= 0.3 is 5.97 Å². The summed E-state index contributed by atoms with van der Waals surface area (Å²) in [5.41, 5.74) is -1.81. The van der Waals surface area contributed by atoms with E-state index >= 15 is 13.2 Å². The Bertz CT molecular complexity index is 938. The molecule has 2 atom stereocenters. The van der Waals surface area contributed by atoms with Crippen molar-refractivity contribution in [2.75, 3.05) is 6.61 Å². The van der Waals surface area contributed by atoms with E-state index in [0.29, 0.717) is 37.2 Å². The summed E-state index contributed by atoms with van der Waals surface area (Å²) in [6, 6.07) is 9.70. The summed E-state index contributed by atoms with van der Waals surface area (Å²) < 4.78 is 51.6. The first-order valence-corrected chi connectivity index (χ1v) is 11.9. The van der Waals surface area contributed by atoms with Gasteiger partial charge in [-0.1, -0.05) is 57.4 Å². The number of carbonyl (C=O) groups is 1. The molecule has 1 aliphatic rings. The first kappa shape index (κ1) is 25.1. The second-order valence-corrected chi connectivity index (χ2v) is 9.02. The minimum atomic E-state index is -2.45. The Morgan fingerprint density at radius 2 is 1.73 bits per heavy atom. The van der Waals surface area contributed by atoms with Crippen LogP contribution in [0.1, 0.15) is 76.7 Å². The molecule has 0 heterocycles. The van der Waals surface area contributed by atoms with Gasteiger partial charge in [0.1, 0.15) is 5.75 Å². The van der Waals surface area contributed by atoms with Crippen LogP contribution >= 0.6 is 0 Å². The number of hydrogen-bond acceptors (Lipinski definition) is 2. The van der Waals surface area contributed by atoms with Gasteiger partial charge in [-0.3, -0.25) is 0 Å². The Hall–Kier alpha value is -2.50. The van der Waals surface area contributed by atoms with Crippen molar-refractivity contribution in [1.29, 1.82) is 0 Å². The quantitative estimate of drug-likeness (QED) is 0.394. The van der Waals surface area contributed by atoms with Crippen LogP contribution in [0.3, 0.4) is 0 Å². The molecule has 3 nitrogen and oxygen atoms in total. The van der Waals surface area contributed by atoms with Crippen LogP contribution in [-0.2, 0) is 4.79 Å². The van der Waals surface area contributed by atoms with Gasteiger partial charge in [-0.25, -0.2) is 18.0 Å². The molecule has 6 heteroatoms. The van der Waals surface area contributed by atoms with Crippen LogP contribution in [0.25, 0.3) is 11.1 Å². The van der Waals surface area contributed by atoms with Gasteiger partial charge in [0.15, 0.2) is 11.6 Å². The normalized spacial score (nSPS) is 17.4. The van der Waals surface area contributed by atoms with Crippen molar-refractivity contribution >= 4 is 5.97 Å². The fourth-order valence-electron chi connectivity index (χ4n) is 4.87. The average Bonchev–Trinajstić information content (AvgIpc) is 2.84. The largest absolute Gasteiger partial charge is 0.494 e. The zero-order chi connectivity index (χ0) is 24.0. The topological polar surface area (TPSA) is 46.5 Å². The number of rotatable bonds is 10. The van der Waals surface area contributed by atoms with E-state index in [9.17, 15) is 9.90 Å². The van der Waals surface area contributed by atoms with Crippen LogP contribution in [0.15, 0.2) is 36.4 Å². The van der Waals surface area contributed by atoms with Crippen molar-refractivity contribution in [3.8, 4) is 16.9 Å². The number of aliphatic carboxylic acids is 1. The lowest BCUT2D eigenvalue weighted by Crippen LogP contribution is -2.44. The van der Waals surface area contributed by atoms with Crippen molar-refractivity contribution in [2.45, 2.75) is 76.8 Å². The van der Waals surface area contributed by atoms with E-state index in [-0.39, 0.29) is 17.5 Å². The first-order valence-electron chi connectivity index (χ1n) is 11.9. The van der Waals surface area contributed by atoms with Gasteiger partial charge in [0.25, 0.3) is 0 Å². The van der Waals surface area contributed by atoms with Crippen molar-refractivity contribution in [2.24, 2.45) is 5.92 Å². The highest BCUT2D eigenvalue weighted by Gasteiger charge is 2.48. The molecule has 180 valence electrons. The zero-order valence-corrected chi connectivity index (χ0v) is 19.4. The number of carboxylic acids is 1. The van der Waals surface area contributed by atoms with Crippen LogP contribution in [0.5, 0.6) is 5.75 Å². The summed E-state index contributed by atoms with van der Waals surface area (Å²) in [6.07, 6.45) is 4.38. The maximum atomic E-state index is 15.8. The molecular weight excluding hydrogens is 429 g/mol. The van der Waals surface area contributed by atoms with E-state index in [4.69, 9.17) is 4.74 Å². The molecule has 2 aromatic rings. The SMILES string of the molecule is CCCOc1ccc(-c2ccc(C(CC)C[C@@](F)(C(=O)O)C3CCCCC3)c(F)c2F)cc1. The molecule has 3 rings (SSSR count). The summed E-state index contributed by atoms with van der Waals surface area (Å²) in [5, 5.41) is 9.72. The summed E-state index contributed by atoms with van der Waals surface area (Å²) in [7, 11) is 0. The number of carboxylic acid groups (broad SMARTS) is 1. The van der Waals surface area contributed by atoms with Gasteiger partial charge in [0.2, 0.25) is 5.67 Å². The summed E-state index contributed by atoms with van der Waals surface area (Å²) in [4.78, 5) is 11.9. The summed E-state index contributed by atoms with van der Waals surface area (Å²) in [5.74, 6) is -4.23. The fraction of sp³-hybridized carbons (Fsp3) is 0.519. The molecule has 1 aliphatic carbocycles. The smallest absolute Gasteiger partial charge is 0.341 e. The standard InChI is InChI=1S/C27H33F3O3/c1-3-16-33-21-12-10-19(11-13-21)23-15-14-22(24(28)25(23)29)18(4-2)17-27(30,26(31)32)20-8-6-5-7-9-20/h10-15,18,20H,3-9,16-17H2,1-2H3,(H,31,32)/t18?,27-/m0/s1. The Kier molecular flexibility index (Phi) is 8.44. The maximum absolute atomic E-state index is 15.8. The predicted molar refractivity (Wildman–Crippen MR) is 123 cm³/mol. The van der Waals surface area contributed by atoms with Gasteiger partial charge in [0.05, 0.1) is 6.61 Å². The Morgan fingerprint density at radius 1 is 1.06 bits per heavy atom. The van der Waals surface area contributed by atoms with Crippen LogP contribution in [0.4, 0.5) is 13.2 Å². The van der Waals surface area contributed by atoms with Crippen LogP contribution < -0.4 is 4.74 Å². The molecule has 1 unspecified atom stereocenters. The van der Waals surface area contributed by atoms with Gasteiger partial charge in [-0.05, 0) is 61.3 Å². The highest BCUT2D eigenvalue weighted by Crippen LogP contribution is 2.43. The highest BCUT2D eigenvalue weighted by molar-refractivity contribution is 5.78. The first-order chi connectivity index (χ1) is 15.8. The van der Waals surface area contributed by atoms with E-state index in [1.54, 1.807) is 31.2 Å². The molecule has 0 aliphatic heterocycles. The Morgan fingerprint density at radius 3 is 2.30 bits per heavy atom. The van der Waals surface area contributed by atoms with E-state index < -0.39 is 35.1 Å². The fourth-order valence-corrected chi connectivity index (χ4v) is 4.87. The maximum Gasteiger partial charge on any atom is 0.341 e. The Balaban J connectivity index is 1.87. The minimum absolute atomic E-state index is 0.0285. The van der Waals surface area contributed by atoms with Crippen LogP contribution in [-0.4, -0.2) is 23.4 Å². The molecule has 1 fully saturated rings. The van der Waals surface area contributed by atoms with Crippen molar-refractivity contribution in [3.63, 3.8) is 0 Å². The van der Waals surface area contributed by atoms with Crippen LogP contribution in [0, 0.1) is 17.6 Å². The molecule has 0 aromatic heterocycles. The molecule has 0 radical (unpaired) electrons. The molecule has 0 saturated heterocycles. The number of ether oxygens (including phenoxy) is 1. The lowest BCUT2D eigenvalue weighted by atomic mass is 9.72. The second kappa shape index (κ2) is 11.1. The third-order valence-electron chi connectivity index (χ3n) is 6.83. The molecule has 0 amide bonds. The molecule has 33 heavy (non-hydrogen) atoms. The van der Waals surface area contributed by atoms with Gasteiger partial charge < -0.3 is 9.84 Å². The van der Waals surface area contributed by atoms with Crippen LogP contribution in [0.2, 0.25) is 0 Å². The monoisotopic (exact) mass is 462 g/mol. The Labute approximate surface area is 194 Å².